The zero-order valence-corrected chi connectivity index (χ0v) is 18.9. The summed E-state index contributed by atoms with van der Waals surface area (Å²) in [5, 5.41) is 0. The lowest BCUT2D eigenvalue weighted by Gasteiger charge is -2.47. The van der Waals surface area contributed by atoms with Crippen LogP contribution in [0.1, 0.15) is 97.8 Å². The van der Waals surface area contributed by atoms with Crippen molar-refractivity contribution in [2.75, 3.05) is 20.3 Å². The van der Waals surface area contributed by atoms with E-state index in [4.69, 9.17) is 9.47 Å². The highest BCUT2D eigenvalue weighted by molar-refractivity contribution is 5.96. The maximum absolute atomic E-state index is 12.7. The van der Waals surface area contributed by atoms with Gasteiger partial charge in [-0.3, -0.25) is 4.79 Å². The predicted octanol–water partition coefficient (Wildman–Crippen LogP) is 6.50. The summed E-state index contributed by atoms with van der Waals surface area (Å²) in [5.41, 5.74) is 1.46. The molecule has 2 aliphatic carbocycles. The van der Waals surface area contributed by atoms with Gasteiger partial charge in [-0.1, -0.05) is 59.0 Å². The van der Waals surface area contributed by atoms with Gasteiger partial charge >= 0.3 is 0 Å². The predicted molar refractivity (Wildman–Crippen MR) is 117 cm³/mol. The summed E-state index contributed by atoms with van der Waals surface area (Å²) in [4.78, 5) is 12.7. The highest BCUT2D eigenvalue weighted by atomic mass is 16.5. The molecule has 162 valence electrons. The first-order valence-corrected chi connectivity index (χ1v) is 11.8. The molecule has 0 bridgehead atoms. The number of carbonyl (C=O) groups excluding carboxylic acids is 1. The van der Waals surface area contributed by atoms with Crippen LogP contribution in [0.2, 0.25) is 0 Å². The van der Waals surface area contributed by atoms with Crippen LogP contribution in [0.3, 0.4) is 0 Å². The molecule has 0 spiro atoms. The Kier molecular flexibility index (Phi) is 10.2. The molecule has 0 radical (unpaired) electrons. The van der Waals surface area contributed by atoms with E-state index in [0.717, 1.165) is 38.0 Å². The van der Waals surface area contributed by atoms with Gasteiger partial charge < -0.3 is 9.47 Å². The molecule has 1 unspecified atom stereocenters. The van der Waals surface area contributed by atoms with Crippen LogP contribution in [0.4, 0.5) is 0 Å². The summed E-state index contributed by atoms with van der Waals surface area (Å²) in [7, 11) is 1.75. The van der Waals surface area contributed by atoms with Crippen molar-refractivity contribution in [2.24, 2.45) is 17.3 Å². The Labute approximate surface area is 173 Å². The normalized spacial score (nSPS) is 22.2. The summed E-state index contributed by atoms with van der Waals surface area (Å²) in [5.74, 6) is 1.53. The highest BCUT2D eigenvalue weighted by Gasteiger charge is 2.42. The molecule has 2 atom stereocenters. The van der Waals surface area contributed by atoms with Crippen LogP contribution >= 0.6 is 0 Å². The van der Waals surface area contributed by atoms with Crippen LogP contribution in [0.25, 0.3) is 0 Å². The Hall–Kier alpha value is -0.670. The Balaban J connectivity index is 1.61. The fourth-order valence-electron chi connectivity index (χ4n) is 4.87. The minimum Gasteiger partial charge on any atom is -0.381 e. The van der Waals surface area contributed by atoms with E-state index in [1.54, 1.807) is 7.11 Å². The zero-order valence-electron chi connectivity index (χ0n) is 18.9. The topological polar surface area (TPSA) is 35.5 Å². The van der Waals surface area contributed by atoms with Gasteiger partial charge in [0.1, 0.15) is 0 Å². The van der Waals surface area contributed by atoms with Crippen molar-refractivity contribution in [3.8, 4) is 0 Å². The zero-order chi connectivity index (χ0) is 20.4. The first-order valence-electron chi connectivity index (χ1n) is 11.8. The lowest BCUT2D eigenvalue weighted by Crippen LogP contribution is -2.37. The molecule has 0 saturated heterocycles. The fraction of sp³-hybridized carbons (Fsp3) is 0.880. The number of rotatable bonds is 15. The second-order valence-corrected chi connectivity index (χ2v) is 9.76. The van der Waals surface area contributed by atoms with E-state index in [2.05, 4.69) is 26.8 Å². The van der Waals surface area contributed by atoms with Gasteiger partial charge in [0.15, 0.2) is 5.78 Å². The van der Waals surface area contributed by atoms with Gasteiger partial charge in [-0.15, -0.1) is 0 Å². The molecule has 3 nitrogen and oxygen atoms in total. The maximum atomic E-state index is 12.7. The average molecular weight is 393 g/mol. The van der Waals surface area contributed by atoms with Crippen LogP contribution in [0.15, 0.2) is 11.6 Å². The Bertz CT molecular complexity index is 490. The molecule has 0 aromatic rings. The highest BCUT2D eigenvalue weighted by Crippen LogP contribution is 2.52. The van der Waals surface area contributed by atoms with Crippen molar-refractivity contribution >= 4 is 5.78 Å². The summed E-state index contributed by atoms with van der Waals surface area (Å²) in [6.07, 6.45) is 16.5. The molecule has 2 aliphatic rings. The molecule has 1 saturated carbocycles. The van der Waals surface area contributed by atoms with Gasteiger partial charge in [0.25, 0.3) is 0 Å². The molecular formula is C25H44O3. The number of ether oxygens (including phenoxy) is 2. The van der Waals surface area contributed by atoms with E-state index < -0.39 is 0 Å². The second kappa shape index (κ2) is 12.1. The molecule has 3 heteroatoms. The van der Waals surface area contributed by atoms with Crippen LogP contribution in [-0.4, -0.2) is 32.2 Å². The van der Waals surface area contributed by atoms with Crippen molar-refractivity contribution in [3.05, 3.63) is 11.6 Å². The minimum absolute atomic E-state index is 0.225. The molecule has 0 N–H and O–H groups in total. The fourth-order valence-corrected chi connectivity index (χ4v) is 4.87. The van der Waals surface area contributed by atoms with Gasteiger partial charge in [-0.25, -0.2) is 0 Å². The van der Waals surface area contributed by atoms with E-state index in [-0.39, 0.29) is 6.10 Å². The third-order valence-electron chi connectivity index (χ3n) is 7.07. The smallest absolute Gasteiger partial charge is 0.158 e. The van der Waals surface area contributed by atoms with Crippen molar-refractivity contribution in [2.45, 2.75) is 104 Å². The molecule has 0 aromatic heterocycles. The van der Waals surface area contributed by atoms with Crippen LogP contribution in [0, 0.1) is 17.3 Å². The van der Waals surface area contributed by atoms with Gasteiger partial charge in [0.2, 0.25) is 0 Å². The van der Waals surface area contributed by atoms with Crippen LogP contribution in [0.5, 0.6) is 0 Å². The molecule has 0 aromatic carbocycles. The molecular weight excluding hydrogens is 348 g/mol. The number of ketones is 1. The number of unbranched alkanes of at least 4 members (excludes halogenated alkanes) is 4. The lowest BCUT2D eigenvalue weighted by atomic mass is 9.58. The van der Waals surface area contributed by atoms with Crippen molar-refractivity contribution in [3.63, 3.8) is 0 Å². The summed E-state index contributed by atoms with van der Waals surface area (Å²) in [6, 6.07) is 0. The largest absolute Gasteiger partial charge is 0.381 e. The van der Waals surface area contributed by atoms with Gasteiger partial charge in [0, 0.05) is 33.2 Å². The Morgan fingerprint density at radius 1 is 1.14 bits per heavy atom. The standard InChI is InChI=1S/C25H44O3/c1-20(2)19-28-16-9-7-5-6-8-13-25(14-10-15-25)21(3)17-24(26)22-11-12-23(18-22)27-4/h11,20-21,23H,5-10,12-19H2,1-4H3/t21-,23?/m0/s1. The van der Waals surface area contributed by atoms with E-state index in [9.17, 15) is 4.79 Å². The summed E-state index contributed by atoms with van der Waals surface area (Å²) in [6.45, 7) is 8.54. The van der Waals surface area contributed by atoms with E-state index >= 15 is 0 Å². The van der Waals surface area contributed by atoms with Gasteiger partial charge in [-0.2, -0.15) is 0 Å². The third kappa shape index (κ3) is 7.30. The van der Waals surface area contributed by atoms with Crippen molar-refractivity contribution in [1.29, 1.82) is 0 Å². The quantitative estimate of drug-likeness (QED) is 0.298. The molecule has 1 fully saturated rings. The number of Topliss-reactive ketones (excluding diaryl/α,β-unsaturated/α-hetero) is 1. The van der Waals surface area contributed by atoms with E-state index in [0.29, 0.717) is 23.0 Å². The van der Waals surface area contributed by atoms with Crippen molar-refractivity contribution < 1.29 is 14.3 Å². The van der Waals surface area contributed by atoms with Gasteiger partial charge in [0.05, 0.1) is 6.10 Å². The Morgan fingerprint density at radius 2 is 1.86 bits per heavy atom. The molecule has 0 aliphatic heterocycles. The molecule has 0 amide bonds. The van der Waals surface area contributed by atoms with Crippen LogP contribution in [-0.2, 0) is 14.3 Å². The number of hydrogen-bond donors (Lipinski definition) is 0. The number of carbonyl (C=O) groups is 1. The first-order chi connectivity index (χ1) is 13.5. The monoisotopic (exact) mass is 392 g/mol. The average Bonchev–Trinajstić information content (AvgIpc) is 3.11. The van der Waals surface area contributed by atoms with E-state index in [1.807, 2.05) is 0 Å². The lowest BCUT2D eigenvalue weighted by molar-refractivity contribution is -0.118. The minimum atomic E-state index is 0.225. The maximum Gasteiger partial charge on any atom is 0.158 e. The molecule has 0 heterocycles. The SMILES string of the molecule is COC1CC=C(C(=O)C[C@H](C)C2(CCCCCCCOCC(C)C)CCC2)C1. The van der Waals surface area contributed by atoms with E-state index in [1.165, 1.54) is 57.8 Å². The summed E-state index contributed by atoms with van der Waals surface area (Å²) < 4.78 is 11.1. The van der Waals surface area contributed by atoms with Crippen molar-refractivity contribution in [1.82, 2.24) is 0 Å². The molecule has 28 heavy (non-hydrogen) atoms. The Morgan fingerprint density at radius 3 is 2.46 bits per heavy atom. The summed E-state index contributed by atoms with van der Waals surface area (Å²) >= 11 is 0. The number of hydrogen-bond acceptors (Lipinski definition) is 3. The first kappa shape index (κ1) is 23.6. The second-order valence-electron chi connectivity index (χ2n) is 9.76. The van der Waals surface area contributed by atoms with Gasteiger partial charge in [-0.05, 0) is 54.9 Å². The van der Waals surface area contributed by atoms with Crippen LogP contribution < -0.4 is 0 Å². The number of methoxy groups -OCH3 is 1. The molecule has 2 rings (SSSR count). The third-order valence-corrected chi connectivity index (χ3v) is 7.07.